The minimum Gasteiger partial charge on any atom is -0.352 e. The standard InChI is InChI=1S/C31H38N2O2/c1-4-24(3)32-31(35)29(5-2)33(22-21-25-15-9-6-10-16-25)30(34)23-28(26-17-11-7-12-18-26)27-19-13-8-14-20-27/h6-20,24,28-29H,4-5,21-23H2,1-3H3,(H,32,35)/t24-,29+/m1/s1. The molecule has 4 heteroatoms. The fourth-order valence-electron chi connectivity index (χ4n) is 4.43. The van der Waals surface area contributed by atoms with Crippen LogP contribution in [0.2, 0.25) is 0 Å². The summed E-state index contributed by atoms with van der Waals surface area (Å²) in [6.45, 7) is 6.54. The van der Waals surface area contributed by atoms with Crippen molar-refractivity contribution in [2.75, 3.05) is 6.54 Å². The van der Waals surface area contributed by atoms with E-state index < -0.39 is 6.04 Å². The van der Waals surface area contributed by atoms with Crippen molar-refractivity contribution in [2.24, 2.45) is 0 Å². The maximum absolute atomic E-state index is 13.9. The minimum atomic E-state index is -0.493. The quantitative estimate of drug-likeness (QED) is 0.354. The molecule has 0 unspecified atom stereocenters. The van der Waals surface area contributed by atoms with Crippen LogP contribution in [0.25, 0.3) is 0 Å². The van der Waals surface area contributed by atoms with Gasteiger partial charge in [0.2, 0.25) is 11.8 Å². The van der Waals surface area contributed by atoms with Crippen molar-refractivity contribution in [2.45, 2.75) is 64.5 Å². The lowest BCUT2D eigenvalue weighted by molar-refractivity contribution is -0.141. The highest BCUT2D eigenvalue weighted by molar-refractivity contribution is 5.88. The van der Waals surface area contributed by atoms with E-state index in [1.165, 1.54) is 0 Å². The van der Waals surface area contributed by atoms with E-state index in [1.54, 1.807) is 0 Å². The van der Waals surface area contributed by atoms with Crippen LogP contribution in [0, 0.1) is 0 Å². The van der Waals surface area contributed by atoms with E-state index in [1.807, 2.05) is 73.3 Å². The second kappa shape index (κ2) is 13.5. The van der Waals surface area contributed by atoms with E-state index in [2.05, 4.69) is 48.6 Å². The molecule has 0 fully saturated rings. The highest BCUT2D eigenvalue weighted by atomic mass is 16.2. The topological polar surface area (TPSA) is 49.4 Å². The third-order valence-corrected chi connectivity index (χ3v) is 6.65. The lowest BCUT2D eigenvalue weighted by Crippen LogP contribution is -2.52. The number of carbonyl (C=O) groups excluding carboxylic acids is 2. The van der Waals surface area contributed by atoms with Gasteiger partial charge in [-0.05, 0) is 42.9 Å². The number of benzene rings is 3. The Labute approximate surface area is 210 Å². The molecule has 184 valence electrons. The Morgan fingerprint density at radius 3 is 1.77 bits per heavy atom. The highest BCUT2D eigenvalue weighted by Crippen LogP contribution is 2.29. The van der Waals surface area contributed by atoms with Crippen LogP contribution in [0.15, 0.2) is 91.0 Å². The summed E-state index contributed by atoms with van der Waals surface area (Å²) < 4.78 is 0. The summed E-state index contributed by atoms with van der Waals surface area (Å²) in [5.41, 5.74) is 3.37. The van der Waals surface area contributed by atoms with Crippen molar-refractivity contribution in [1.82, 2.24) is 10.2 Å². The molecule has 0 heterocycles. The molecular weight excluding hydrogens is 432 g/mol. The van der Waals surface area contributed by atoms with Crippen LogP contribution in [0.3, 0.4) is 0 Å². The predicted molar refractivity (Wildman–Crippen MR) is 143 cm³/mol. The number of rotatable bonds is 12. The summed E-state index contributed by atoms with van der Waals surface area (Å²) in [7, 11) is 0. The Kier molecular flexibility index (Phi) is 10.1. The highest BCUT2D eigenvalue weighted by Gasteiger charge is 2.31. The first-order chi connectivity index (χ1) is 17.0. The van der Waals surface area contributed by atoms with Gasteiger partial charge >= 0.3 is 0 Å². The second-order valence-corrected chi connectivity index (χ2v) is 9.14. The van der Waals surface area contributed by atoms with E-state index >= 15 is 0 Å². The van der Waals surface area contributed by atoms with Crippen molar-refractivity contribution in [3.8, 4) is 0 Å². The van der Waals surface area contributed by atoms with Gasteiger partial charge in [-0.15, -0.1) is 0 Å². The van der Waals surface area contributed by atoms with Crippen LogP contribution in [-0.4, -0.2) is 35.3 Å². The third-order valence-electron chi connectivity index (χ3n) is 6.65. The van der Waals surface area contributed by atoms with Gasteiger partial charge in [0.1, 0.15) is 6.04 Å². The van der Waals surface area contributed by atoms with E-state index in [4.69, 9.17) is 0 Å². The van der Waals surface area contributed by atoms with E-state index in [9.17, 15) is 9.59 Å². The maximum Gasteiger partial charge on any atom is 0.243 e. The molecule has 0 bridgehead atoms. The van der Waals surface area contributed by atoms with Gasteiger partial charge in [0.05, 0.1) is 0 Å². The van der Waals surface area contributed by atoms with Gasteiger partial charge in [-0.1, -0.05) is 105 Å². The fourth-order valence-corrected chi connectivity index (χ4v) is 4.43. The van der Waals surface area contributed by atoms with Crippen molar-refractivity contribution >= 4 is 11.8 Å². The van der Waals surface area contributed by atoms with Gasteiger partial charge in [-0.3, -0.25) is 9.59 Å². The average Bonchev–Trinajstić information content (AvgIpc) is 2.90. The Morgan fingerprint density at radius 2 is 1.29 bits per heavy atom. The van der Waals surface area contributed by atoms with Gasteiger partial charge in [0, 0.05) is 24.9 Å². The Balaban J connectivity index is 1.89. The SMILES string of the molecule is CC[C@@H](C)NC(=O)[C@H](CC)N(CCc1ccccc1)C(=O)CC(c1ccccc1)c1ccccc1. The molecule has 0 aliphatic rings. The first-order valence-corrected chi connectivity index (χ1v) is 12.8. The summed E-state index contributed by atoms with van der Waals surface area (Å²) in [6, 6.07) is 30.1. The average molecular weight is 471 g/mol. The maximum atomic E-state index is 13.9. The number of nitrogens with one attached hydrogen (secondary N) is 1. The molecule has 2 amide bonds. The predicted octanol–water partition coefficient (Wildman–Crippen LogP) is 5.97. The molecule has 0 saturated carbocycles. The van der Waals surface area contributed by atoms with Crippen molar-refractivity contribution in [1.29, 1.82) is 0 Å². The molecule has 0 aliphatic carbocycles. The largest absolute Gasteiger partial charge is 0.352 e. The molecule has 0 aliphatic heterocycles. The molecule has 3 rings (SSSR count). The molecule has 3 aromatic rings. The fraction of sp³-hybridized carbons (Fsp3) is 0.355. The molecule has 35 heavy (non-hydrogen) atoms. The molecule has 3 aromatic carbocycles. The lowest BCUT2D eigenvalue weighted by Gasteiger charge is -2.33. The molecule has 0 aromatic heterocycles. The summed E-state index contributed by atoms with van der Waals surface area (Å²) in [5.74, 6) is -0.136. The monoisotopic (exact) mass is 470 g/mol. The van der Waals surface area contributed by atoms with Crippen LogP contribution >= 0.6 is 0 Å². The number of carbonyl (C=O) groups is 2. The first-order valence-electron chi connectivity index (χ1n) is 12.8. The van der Waals surface area contributed by atoms with Crippen molar-refractivity contribution in [3.05, 3.63) is 108 Å². The molecular formula is C31H38N2O2. The van der Waals surface area contributed by atoms with E-state index in [0.29, 0.717) is 25.8 Å². The molecule has 0 radical (unpaired) electrons. The molecule has 0 spiro atoms. The second-order valence-electron chi connectivity index (χ2n) is 9.14. The van der Waals surface area contributed by atoms with Crippen LogP contribution in [0.1, 0.15) is 62.6 Å². The molecule has 4 nitrogen and oxygen atoms in total. The van der Waals surface area contributed by atoms with Gasteiger partial charge in [0.25, 0.3) is 0 Å². The third kappa shape index (κ3) is 7.54. The Hall–Kier alpha value is -3.40. The van der Waals surface area contributed by atoms with Crippen molar-refractivity contribution in [3.63, 3.8) is 0 Å². The number of nitrogens with zero attached hydrogens (tertiary/aromatic N) is 1. The smallest absolute Gasteiger partial charge is 0.243 e. The molecule has 2 atom stereocenters. The Morgan fingerprint density at radius 1 is 0.771 bits per heavy atom. The Bertz CT molecular complexity index is 998. The normalized spacial score (nSPS) is 12.7. The van der Waals surface area contributed by atoms with Gasteiger partial charge in [-0.25, -0.2) is 0 Å². The van der Waals surface area contributed by atoms with E-state index in [0.717, 1.165) is 23.1 Å². The van der Waals surface area contributed by atoms with Gasteiger partial charge < -0.3 is 10.2 Å². The zero-order valence-electron chi connectivity index (χ0n) is 21.2. The van der Waals surface area contributed by atoms with Crippen molar-refractivity contribution < 1.29 is 9.59 Å². The van der Waals surface area contributed by atoms with Crippen LogP contribution in [0.4, 0.5) is 0 Å². The number of hydrogen-bond donors (Lipinski definition) is 1. The van der Waals surface area contributed by atoms with Gasteiger partial charge in [0.15, 0.2) is 0 Å². The number of hydrogen-bond acceptors (Lipinski definition) is 2. The zero-order valence-corrected chi connectivity index (χ0v) is 21.2. The summed E-state index contributed by atoms with van der Waals surface area (Å²) in [5, 5.41) is 3.10. The van der Waals surface area contributed by atoms with Crippen LogP contribution in [0.5, 0.6) is 0 Å². The van der Waals surface area contributed by atoms with Crippen LogP contribution in [-0.2, 0) is 16.0 Å². The number of amides is 2. The molecule has 1 N–H and O–H groups in total. The lowest BCUT2D eigenvalue weighted by atomic mass is 9.88. The van der Waals surface area contributed by atoms with E-state index in [-0.39, 0.29) is 23.8 Å². The zero-order chi connectivity index (χ0) is 25.0. The molecule has 0 saturated heterocycles. The minimum absolute atomic E-state index is 0.00443. The van der Waals surface area contributed by atoms with Gasteiger partial charge in [-0.2, -0.15) is 0 Å². The van der Waals surface area contributed by atoms with Crippen LogP contribution < -0.4 is 5.32 Å². The summed E-state index contributed by atoms with van der Waals surface area (Å²) in [6.07, 6.45) is 2.45. The summed E-state index contributed by atoms with van der Waals surface area (Å²) in [4.78, 5) is 29.0. The summed E-state index contributed by atoms with van der Waals surface area (Å²) >= 11 is 0. The first kappa shape index (κ1) is 26.2.